The lowest BCUT2D eigenvalue weighted by molar-refractivity contribution is -0.153. The molecule has 21 N–H and O–H groups in total. The highest BCUT2D eigenvalue weighted by Gasteiger charge is 2.40. The van der Waals surface area contributed by atoms with Crippen molar-refractivity contribution in [1.29, 1.82) is 0 Å². The number of allylic oxidation sites excluding steroid dienone is 1. The van der Waals surface area contributed by atoms with E-state index in [1.165, 1.54) is 6.92 Å². The fourth-order valence-corrected chi connectivity index (χ4v) is 8.41. The smallest absolute Gasteiger partial charge is 0.335 e. The molecule has 0 spiro atoms. The van der Waals surface area contributed by atoms with Gasteiger partial charge in [0.1, 0.15) is 54.6 Å². The number of ether oxygens (including phenoxy) is 1. The summed E-state index contributed by atoms with van der Waals surface area (Å²) in [6.45, 7) is 2.58. The van der Waals surface area contributed by atoms with Crippen LogP contribution in [0.15, 0.2) is 11.8 Å². The van der Waals surface area contributed by atoms with Crippen molar-refractivity contribution in [3.63, 3.8) is 0 Å². The normalized spacial score (nSPS) is 24.5. The number of aliphatic hydroxyl groups is 4. The lowest BCUT2D eigenvalue weighted by Crippen LogP contribution is -2.63. The Hall–Kier alpha value is -6.61. The third-order valence-electron chi connectivity index (χ3n) is 13.0. The van der Waals surface area contributed by atoms with Gasteiger partial charge in [-0.1, -0.05) is 70.8 Å². The van der Waals surface area contributed by atoms with E-state index in [0.29, 0.717) is 6.42 Å². The Morgan fingerprint density at radius 1 is 0.627 bits per heavy atom. The number of nitrogens with two attached hydrogens (primary N) is 3. The highest BCUT2D eigenvalue weighted by Crippen LogP contribution is 2.14. The van der Waals surface area contributed by atoms with Gasteiger partial charge < -0.3 is 100 Å². The van der Waals surface area contributed by atoms with E-state index in [2.05, 4.69) is 49.5 Å². The zero-order valence-electron chi connectivity index (χ0n) is 47.2. The first-order valence-corrected chi connectivity index (χ1v) is 28.2. The summed E-state index contributed by atoms with van der Waals surface area (Å²) in [6, 6.07) is -16.0. The Balaban J connectivity index is 3.99. The quantitative estimate of drug-likeness (QED) is 0.0151. The number of carboxylic acid groups (broad SMARTS) is 2. The first-order valence-electron chi connectivity index (χ1n) is 27.7. The number of alkyl halides is 1. The minimum atomic E-state index is -2.77. The monoisotopic (exact) mass is 1210 g/mol. The number of amides is 9. The molecule has 1 saturated heterocycles. The molecule has 9 amide bonds. The summed E-state index contributed by atoms with van der Waals surface area (Å²) in [4.78, 5) is 162. The van der Waals surface area contributed by atoms with Crippen LogP contribution in [-0.2, 0) is 62.3 Å². The van der Waals surface area contributed by atoms with Crippen molar-refractivity contribution >= 4 is 82.7 Å². The summed E-state index contributed by atoms with van der Waals surface area (Å²) in [5.74, 6) is -17.7. The van der Waals surface area contributed by atoms with E-state index in [1.807, 2.05) is 5.32 Å². The van der Waals surface area contributed by atoms with E-state index in [0.717, 1.165) is 64.4 Å². The third-order valence-corrected chi connectivity index (χ3v) is 13.3. The van der Waals surface area contributed by atoms with Crippen LogP contribution in [0, 0.1) is 0 Å². The Morgan fingerprint density at radius 3 is 1.65 bits per heavy atom. The van der Waals surface area contributed by atoms with Crippen LogP contribution in [0.2, 0.25) is 0 Å². The molecule has 0 aliphatic carbocycles. The predicted molar refractivity (Wildman–Crippen MR) is 295 cm³/mol. The molecule has 0 aromatic heterocycles. The van der Waals surface area contributed by atoms with Crippen LogP contribution in [0.3, 0.4) is 0 Å². The van der Waals surface area contributed by atoms with Gasteiger partial charge in [-0.15, -0.1) is 11.6 Å². The summed E-state index contributed by atoms with van der Waals surface area (Å²) in [5.41, 5.74) is 16.4. The summed E-state index contributed by atoms with van der Waals surface area (Å²) >= 11 is 5.89. The molecule has 1 heterocycles. The highest BCUT2D eigenvalue weighted by atomic mass is 35.5. The first kappa shape index (κ1) is 74.4. The van der Waals surface area contributed by atoms with Gasteiger partial charge in [-0.25, -0.2) is 9.59 Å². The van der Waals surface area contributed by atoms with Crippen LogP contribution >= 0.6 is 11.6 Å². The number of halogens is 1. The predicted octanol–water partition coefficient (Wildman–Crippen LogP) is -5.16. The number of esters is 1. The maximum Gasteiger partial charge on any atom is 0.335 e. The van der Waals surface area contributed by atoms with Crippen molar-refractivity contribution in [2.24, 2.45) is 17.2 Å². The van der Waals surface area contributed by atoms with E-state index >= 15 is 0 Å². The summed E-state index contributed by atoms with van der Waals surface area (Å²) < 4.78 is 5.33. The number of nitrogens with one attached hydrogen (secondary N) is 9. The van der Waals surface area contributed by atoms with E-state index in [-0.39, 0.29) is 45.3 Å². The van der Waals surface area contributed by atoms with Crippen LogP contribution in [-0.4, -0.2) is 207 Å². The molecular formula is C51H87ClN12O19. The van der Waals surface area contributed by atoms with Gasteiger partial charge in [0, 0.05) is 0 Å². The van der Waals surface area contributed by atoms with E-state index in [1.54, 1.807) is 0 Å². The molecule has 0 saturated carbocycles. The minimum absolute atomic E-state index is 0.0456. The second kappa shape index (κ2) is 40.6. The molecule has 0 bridgehead atoms. The molecule has 1 fully saturated rings. The lowest BCUT2D eigenvalue weighted by atomic mass is 10.0. The lowest BCUT2D eigenvalue weighted by Gasteiger charge is -2.29. The maximum absolute atomic E-state index is 14.1. The Kier molecular flexibility index (Phi) is 36.4. The van der Waals surface area contributed by atoms with E-state index < -0.39 is 188 Å². The molecule has 1 aliphatic heterocycles. The second-order valence-corrected chi connectivity index (χ2v) is 20.2. The summed E-state index contributed by atoms with van der Waals surface area (Å²) in [6.07, 6.45) is -0.472. The molecule has 1 rings (SSSR count). The summed E-state index contributed by atoms with van der Waals surface area (Å²) in [5, 5.41) is 82.2. The van der Waals surface area contributed by atoms with Crippen LogP contribution < -0.4 is 65.1 Å². The molecule has 6 unspecified atom stereocenters. The third kappa shape index (κ3) is 28.0. The molecule has 0 aromatic carbocycles. The van der Waals surface area contributed by atoms with Crippen molar-refractivity contribution in [2.75, 3.05) is 32.1 Å². The van der Waals surface area contributed by atoms with Gasteiger partial charge in [0.2, 0.25) is 47.3 Å². The van der Waals surface area contributed by atoms with Gasteiger partial charge in [0.05, 0.1) is 37.0 Å². The molecular weight excluding hydrogens is 1120 g/mol. The van der Waals surface area contributed by atoms with E-state index in [9.17, 15) is 88.2 Å². The fourth-order valence-electron chi connectivity index (χ4n) is 8.23. The number of carboxylic acids is 2. The number of aliphatic carboxylic acids is 2. The number of carbonyl (C=O) groups is 12. The average Bonchev–Trinajstić information content (AvgIpc) is 3.51. The minimum Gasteiger partial charge on any atom is -0.481 e. The number of carbonyl (C=O) groups excluding carboxylic acids is 10. The summed E-state index contributed by atoms with van der Waals surface area (Å²) in [7, 11) is 0. The maximum atomic E-state index is 14.1. The molecule has 12 atom stereocenters. The first-order chi connectivity index (χ1) is 39.3. The Labute approximate surface area is 485 Å². The number of rotatable bonds is 28. The number of hydrogen-bond donors (Lipinski definition) is 18. The van der Waals surface area contributed by atoms with Gasteiger partial charge in [-0.2, -0.15) is 0 Å². The molecule has 32 heteroatoms. The molecule has 83 heavy (non-hydrogen) atoms. The number of aliphatic hydroxyl groups excluding tert-OH is 4. The highest BCUT2D eigenvalue weighted by molar-refractivity contribution is 6.18. The average molecular weight is 1210 g/mol. The number of hydrogen-bond acceptors (Lipinski definition) is 20. The topological polar surface area (TPSA) is 522 Å². The zero-order valence-corrected chi connectivity index (χ0v) is 47.9. The number of unbranched alkanes of at least 4 members (excludes halogenated alkanes) is 9. The van der Waals surface area contributed by atoms with E-state index in [4.69, 9.17) is 33.5 Å². The molecule has 0 radical (unpaired) electrons. The standard InChI is InChI=1S/C51H87ClN12O19/c1-4-6-7-8-9-10-11-12-13-16-28(66)23-36(68)56-34-26-83-51(82)39(35(67)25-52)63-42(72)29(5-2)57-48(78)38(27(3)65)62-45(75)32(19-22-55)60-49(79)40(41(71)50(80)81)64-44(74)30(17-14-15-20-53)58-46(76)33(24-37(69)70)61-43(73)31(18-21-54)59-47(34)77/h5,27-28,30-35,38-41,65-67,71H,4,6-26,53-55H2,1-3H3,(H,56,68)(H,57,78)(H,58,76)(H,59,77)(H,60,79)(H,61,73)(H,62,75)(H,63,72)(H,64,74)(H,69,70)(H,80,81)/b29-5+/t27-,28-,30?,31?,32-,33-,34?,35+,38?,39?,40?,41-/m0/s1. The molecule has 472 valence electrons. The molecule has 31 nitrogen and oxygen atoms in total. The van der Waals surface area contributed by atoms with Crippen molar-refractivity contribution < 1.29 is 92.9 Å². The van der Waals surface area contributed by atoms with Crippen LogP contribution in [0.25, 0.3) is 0 Å². The largest absolute Gasteiger partial charge is 0.481 e. The zero-order chi connectivity index (χ0) is 62.8. The van der Waals surface area contributed by atoms with Crippen molar-refractivity contribution in [3.8, 4) is 0 Å². The second-order valence-electron chi connectivity index (χ2n) is 19.9. The number of cyclic esters (lactones) is 1. The van der Waals surface area contributed by atoms with Gasteiger partial charge in [0.15, 0.2) is 12.1 Å². The SMILES string of the molecule is C/C=C1/NC(=O)C([C@H](C)O)NC(=O)[C@H](CCN)NC(=O)C([C@H](O)C(=O)O)NC(=O)C(CCCCN)NC(=O)[C@H](CC(=O)O)NC(=O)C(CCN)NC(=O)C(NC(=O)C[C@@H](O)CCCCCCCCCCC)COC(=O)C([C@H](O)CCl)NC1=O. The van der Waals surface area contributed by atoms with Crippen molar-refractivity contribution in [3.05, 3.63) is 11.8 Å². The fraction of sp³-hybridized carbons (Fsp3) is 0.725. The van der Waals surface area contributed by atoms with Gasteiger partial charge in [-0.05, 0) is 72.0 Å². The molecule has 0 aromatic rings. The Bertz CT molecular complexity index is 2190. The van der Waals surface area contributed by atoms with Crippen molar-refractivity contribution in [2.45, 2.75) is 203 Å². The van der Waals surface area contributed by atoms with Gasteiger partial charge >= 0.3 is 17.9 Å². The Morgan fingerprint density at radius 2 is 1.13 bits per heavy atom. The van der Waals surface area contributed by atoms with Gasteiger partial charge in [0.25, 0.3) is 5.91 Å². The van der Waals surface area contributed by atoms with Crippen LogP contribution in [0.4, 0.5) is 0 Å². The van der Waals surface area contributed by atoms with Crippen LogP contribution in [0.5, 0.6) is 0 Å². The van der Waals surface area contributed by atoms with Crippen LogP contribution in [0.1, 0.15) is 130 Å². The molecule has 1 aliphatic rings. The van der Waals surface area contributed by atoms with Gasteiger partial charge in [-0.3, -0.25) is 47.9 Å². The van der Waals surface area contributed by atoms with Crippen molar-refractivity contribution in [1.82, 2.24) is 47.9 Å².